The number of aromatic nitrogens is 5. The van der Waals surface area contributed by atoms with Crippen LogP contribution in [0.25, 0.3) is 10.9 Å². The number of hydrogen-bond acceptors (Lipinski definition) is 5. The highest BCUT2D eigenvalue weighted by Crippen LogP contribution is 2.34. The van der Waals surface area contributed by atoms with Crippen molar-refractivity contribution < 1.29 is 0 Å². The number of benzene rings is 1. The monoisotopic (exact) mass is 406 g/mol. The van der Waals surface area contributed by atoms with Crippen molar-refractivity contribution in [1.29, 1.82) is 0 Å². The highest BCUT2D eigenvalue weighted by molar-refractivity contribution is 5.81. The number of fused-ring (bicyclic) bond motifs is 1. The Morgan fingerprint density at radius 1 is 1.00 bits per heavy atom. The van der Waals surface area contributed by atoms with Gasteiger partial charge in [-0.3, -0.25) is 9.69 Å². The maximum Gasteiger partial charge on any atom is 0.253 e. The van der Waals surface area contributed by atoms with E-state index in [4.69, 9.17) is 0 Å². The Morgan fingerprint density at radius 2 is 1.73 bits per heavy atom. The van der Waals surface area contributed by atoms with Gasteiger partial charge in [0.15, 0.2) is 5.82 Å². The fraction of sp³-hybridized carbons (Fsp3) is 0.565. The molecule has 3 heterocycles. The molecule has 30 heavy (non-hydrogen) atoms. The van der Waals surface area contributed by atoms with Crippen molar-refractivity contribution in [2.24, 2.45) is 0 Å². The van der Waals surface area contributed by atoms with Crippen LogP contribution in [0.4, 0.5) is 0 Å². The molecule has 1 saturated heterocycles. The molecule has 2 aliphatic rings. The van der Waals surface area contributed by atoms with Crippen LogP contribution in [0.5, 0.6) is 0 Å². The molecule has 7 nitrogen and oxygen atoms in total. The van der Waals surface area contributed by atoms with Crippen molar-refractivity contribution in [2.75, 3.05) is 13.1 Å². The first-order chi connectivity index (χ1) is 14.6. The number of hydrogen-bond donors (Lipinski definition) is 1. The topological polar surface area (TPSA) is 79.7 Å². The second kappa shape index (κ2) is 7.95. The Balaban J connectivity index is 1.64. The number of tetrazole rings is 1. The highest BCUT2D eigenvalue weighted by Gasteiger charge is 2.33. The zero-order valence-electron chi connectivity index (χ0n) is 17.9. The predicted molar refractivity (Wildman–Crippen MR) is 117 cm³/mol. The maximum atomic E-state index is 13.3. The number of aromatic amines is 1. The Hall–Kier alpha value is -2.54. The number of aryl methyl sites for hydroxylation is 2. The van der Waals surface area contributed by atoms with E-state index >= 15 is 0 Å². The van der Waals surface area contributed by atoms with Crippen LogP contribution in [0.15, 0.2) is 23.0 Å². The molecule has 1 aromatic carbocycles. The van der Waals surface area contributed by atoms with E-state index in [2.05, 4.69) is 57.5 Å². The second-order valence-corrected chi connectivity index (χ2v) is 9.00. The molecular formula is C23H30N6O. The number of nitrogens with one attached hydrogen (secondary N) is 1. The first-order valence-corrected chi connectivity index (χ1v) is 11.3. The van der Waals surface area contributed by atoms with Crippen molar-refractivity contribution in [1.82, 2.24) is 30.1 Å². The van der Waals surface area contributed by atoms with Gasteiger partial charge in [-0.25, -0.2) is 4.68 Å². The molecule has 7 heteroatoms. The minimum Gasteiger partial charge on any atom is -0.322 e. The van der Waals surface area contributed by atoms with Crippen LogP contribution in [0, 0.1) is 13.8 Å². The summed E-state index contributed by atoms with van der Waals surface area (Å²) in [6, 6.07) is 6.41. The minimum absolute atomic E-state index is 0.0409. The van der Waals surface area contributed by atoms with Crippen molar-refractivity contribution in [3.05, 3.63) is 51.1 Å². The van der Waals surface area contributed by atoms with E-state index in [0.717, 1.165) is 61.1 Å². The van der Waals surface area contributed by atoms with Crippen LogP contribution >= 0.6 is 0 Å². The average Bonchev–Trinajstić information content (AvgIpc) is 3.44. The fourth-order valence-electron chi connectivity index (χ4n) is 5.16. The lowest BCUT2D eigenvalue weighted by molar-refractivity contribution is 0.243. The van der Waals surface area contributed by atoms with Gasteiger partial charge in [0.25, 0.3) is 5.56 Å². The fourth-order valence-corrected chi connectivity index (χ4v) is 5.16. The third kappa shape index (κ3) is 3.45. The van der Waals surface area contributed by atoms with Gasteiger partial charge < -0.3 is 4.98 Å². The number of likely N-dealkylation sites (tertiary alicyclic amines) is 1. The predicted octanol–water partition coefficient (Wildman–Crippen LogP) is 3.82. The molecule has 1 aliphatic heterocycles. The van der Waals surface area contributed by atoms with E-state index in [0.29, 0.717) is 6.04 Å². The van der Waals surface area contributed by atoms with Gasteiger partial charge >= 0.3 is 0 Å². The van der Waals surface area contributed by atoms with Crippen molar-refractivity contribution in [2.45, 2.75) is 70.9 Å². The summed E-state index contributed by atoms with van der Waals surface area (Å²) >= 11 is 0. The highest BCUT2D eigenvalue weighted by atomic mass is 16.1. The van der Waals surface area contributed by atoms with Crippen LogP contribution in [0.2, 0.25) is 0 Å². The molecule has 1 N–H and O–H groups in total. The molecule has 1 saturated carbocycles. The number of nitrogens with zero attached hydrogens (tertiary/aromatic N) is 5. The minimum atomic E-state index is -0.209. The van der Waals surface area contributed by atoms with Gasteiger partial charge in [-0.15, -0.1) is 5.10 Å². The standard InChI is InChI=1S/C23H30N6O/c1-15-12-17-14-19(23(30)24-20(17)13-16(15)2)21(28-10-6-7-11-28)22-25-26-27-29(22)18-8-4-3-5-9-18/h12-14,18,21H,3-11H2,1-2H3,(H,24,30)/t21-/m0/s1. The summed E-state index contributed by atoms with van der Waals surface area (Å²) < 4.78 is 2.02. The first kappa shape index (κ1) is 19.4. The zero-order valence-corrected chi connectivity index (χ0v) is 17.9. The molecule has 5 rings (SSSR count). The molecule has 1 aliphatic carbocycles. The summed E-state index contributed by atoms with van der Waals surface area (Å²) in [5, 5.41) is 14.0. The van der Waals surface area contributed by atoms with Gasteiger partial charge in [0.05, 0.1) is 6.04 Å². The van der Waals surface area contributed by atoms with Gasteiger partial charge in [0.1, 0.15) is 6.04 Å². The van der Waals surface area contributed by atoms with Crippen molar-refractivity contribution >= 4 is 10.9 Å². The molecule has 0 amide bonds. The maximum absolute atomic E-state index is 13.3. The Labute approximate surface area is 176 Å². The summed E-state index contributed by atoms with van der Waals surface area (Å²) in [6.45, 7) is 6.12. The van der Waals surface area contributed by atoms with Gasteiger partial charge in [0, 0.05) is 11.1 Å². The number of pyridine rings is 1. The smallest absolute Gasteiger partial charge is 0.253 e. The largest absolute Gasteiger partial charge is 0.322 e. The quantitative estimate of drug-likeness (QED) is 0.712. The molecule has 0 bridgehead atoms. The van der Waals surface area contributed by atoms with Gasteiger partial charge in [-0.05, 0) is 97.8 Å². The summed E-state index contributed by atoms with van der Waals surface area (Å²) in [5.74, 6) is 0.817. The number of H-pyrrole nitrogens is 1. The van der Waals surface area contributed by atoms with E-state index in [1.807, 2.05) is 4.68 Å². The molecule has 2 aromatic heterocycles. The van der Waals surface area contributed by atoms with Crippen LogP contribution in [0.3, 0.4) is 0 Å². The summed E-state index contributed by atoms with van der Waals surface area (Å²) in [6.07, 6.45) is 8.22. The lowest BCUT2D eigenvalue weighted by Gasteiger charge is -2.29. The molecule has 0 radical (unpaired) electrons. The SMILES string of the molecule is Cc1cc2cc([C@@H](c3nnnn3C3CCCCC3)N3CCCC3)c(=O)[nH]c2cc1C. The molecule has 3 aromatic rings. The molecule has 1 atom stereocenters. The third-order valence-electron chi connectivity index (χ3n) is 6.97. The first-order valence-electron chi connectivity index (χ1n) is 11.3. The Morgan fingerprint density at radius 3 is 2.50 bits per heavy atom. The molecular weight excluding hydrogens is 376 g/mol. The Kier molecular flexibility index (Phi) is 5.15. The van der Waals surface area contributed by atoms with E-state index in [-0.39, 0.29) is 11.6 Å². The molecule has 158 valence electrons. The summed E-state index contributed by atoms with van der Waals surface area (Å²) in [7, 11) is 0. The van der Waals surface area contributed by atoms with Gasteiger partial charge in [-0.1, -0.05) is 19.3 Å². The summed E-state index contributed by atoms with van der Waals surface area (Å²) in [4.78, 5) is 18.8. The number of rotatable bonds is 4. The summed E-state index contributed by atoms with van der Waals surface area (Å²) in [5.41, 5.74) is 4.01. The lowest BCUT2D eigenvalue weighted by Crippen LogP contribution is -2.34. The van der Waals surface area contributed by atoms with Gasteiger partial charge in [0.2, 0.25) is 0 Å². The molecule has 2 fully saturated rings. The van der Waals surface area contributed by atoms with Crippen LogP contribution in [0.1, 0.15) is 79.5 Å². The normalized spacial score (nSPS) is 19.5. The van der Waals surface area contributed by atoms with Crippen LogP contribution in [-0.2, 0) is 0 Å². The molecule has 0 unspecified atom stereocenters. The molecule has 0 spiro atoms. The lowest BCUT2D eigenvalue weighted by atomic mass is 9.95. The Bertz CT molecular complexity index is 1100. The van der Waals surface area contributed by atoms with E-state index in [9.17, 15) is 4.79 Å². The van der Waals surface area contributed by atoms with E-state index < -0.39 is 0 Å². The van der Waals surface area contributed by atoms with E-state index in [1.54, 1.807) is 0 Å². The second-order valence-electron chi connectivity index (χ2n) is 9.00. The van der Waals surface area contributed by atoms with E-state index in [1.165, 1.54) is 30.4 Å². The van der Waals surface area contributed by atoms with Crippen LogP contribution < -0.4 is 5.56 Å². The third-order valence-corrected chi connectivity index (χ3v) is 6.97. The van der Waals surface area contributed by atoms with Crippen molar-refractivity contribution in [3.63, 3.8) is 0 Å². The van der Waals surface area contributed by atoms with Crippen LogP contribution in [-0.4, -0.2) is 43.2 Å². The van der Waals surface area contributed by atoms with Crippen molar-refractivity contribution in [3.8, 4) is 0 Å². The zero-order chi connectivity index (χ0) is 20.7. The average molecular weight is 407 g/mol. The van der Waals surface area contributed by atoms with Gasteiger partial charge in [-0.2, -0.15) is 0 Å².